The molecule has 0 heterocycles. The first kappa shape index (κ1) is 15.5. The second-order valence-corrected chi connectivity index (χ2v) is 4.95. The number of aryl methyl sites for hydroxylation is 1. The quantitative estimate of drug-likeness (QED) is 0.400. The second kappa shape index (κ2) is 8.51. The molecule has 1 aromatic carbocycles. The minimum Gasteiger partial charge on any atom is -0.385 e. The van der Waals surface area contributed by atoms with E-state index in [9.17, 15) is 10.1 Å². The van der Waals surface area contributed by atoms with Crippen LogP contribution in [0.15, 0.2) is 18.2 Å². The van der Waals surface area contributed by atoms with E-state index in [0.29, 0.717) is 5.56 Å². The lowest BCUT2D eigenvalue weighted by Crippen LogP contribution is -2.02. The Balaban J connectivity index is 2.26. The molecule has 0 aliphatic carbocycles. The fourth-order valence-electron chi connectivity index (χ4n) is 2.11. The molecule has 1 aromatic rings. The van der Waals surface area contributed by atoms with Gasteiger partial charge < -0.3 is 5.32 Å². The summed E-state index contributed by atoms with van der Waals surface area (Å²) >= 11 is 0. The number of nitro groups is 1. The minimum absolute atomic E-state index is 0.185. The van der Waals surface area contributed by atoms with Crippen LogP contribution in [0.3, 0.4) is 0 Å². The van der Waals surface area contributed by atoms with Crippen LogP contribution in [0.1, 0.15) is 51.0 Å². The Kier molecular flexibility index (Phi) is 6.93. The summed E-state index contributed by atoms with van der Waals surface area (Å²) < 4.78 is 0. The van der Waals surface area contributed by atoms with Crippen molar-refractivity contribution in [2.45, 2.75) is 52.4 Å². The number of benzene rings is 1. The van der Waals surface area contributed by atoms with Crippen LogP contribution in [-0.4, -0.2) is 11.5 Å². The van der Waals surface area contributed by atoms with E-state index in [-0.39, 0.29) is 10.6 Å². The van der Waals surface area contributed by atoms with Crippen molar-refractivity contribution in [1.82, 2.24) is 0 Å². The number of nitro benzene ring substituents is 1. The van der Waals surface area contributed by atoms with E-state index in [0.717, 1.165) is 18.7 Å². The van der Waals surface area contributed by atoms with E-state index in [2.05, 4.69) is 12.2 Å². The first-order valence-corrected chi connectivity index (χ1v) is 7.14. The van der Waals surface area contributed by atoms with E-state index < -0.39 is 0 Å². The SMILES string of the molecule is CCCCCCCCNc1ccc([N+](=O)[O-])c(C)c1. The molecule has 106 valence electrons. The number of hydrogen-bond acceptors (Lipinski definition) is 3. The van der Waals surface area contributed by atoms with Crippen LogP contribution >= 0.6 is 0 Å². The number of rotatable bonds is 9. The van der Waals surface area contributed by atoms with Gasteiger partial charge in [0.2, 0.25) is 0 Å². The molecule has 4 heteroatoms. The molecule has 0 amide bonds. The Morgan fingerprint density at radius 2 is 1.84 bits per heavy atom. The molecule has 0 fully saturated rings. The summed E-state index contributed by atoms with van der Waals surface area (Å²) in [6, 6.07) is 5.19. The molecule has 0 saturated carbocycles. The first-order valence-electron chi connectivity index (χ1n) is 7.14. The van der Waals surface area contributed by atoms with Gasteiger partial charge in [-0.15, -0.1) is 0 Å². The van der Waals surface area contributed by atoms with Crippen molar-refractivity contribution in [3.63, 3.8) is 0 Å². The Morgan fingerprint density at radius 3 is 2.47 bits per heavy atom. The molecule has 0 aromatic heterocycles. The Labute approximate surface area is 115 Å². The van der Waals surface area contributed by atoms with Crippen LogP contribution in [0.4, 0.5) is 11.4 Å². The molecule has 19 heavy (non-hydrogen) atoms. The number of nitrogens with zero attached hydrogens (tertiary/aromatic N) is 1. The van der Waals surface area contributed by atoms with Gasteiger partial charge in [0, 0.05) is 23.9 Å². The summed E-state index contributed by atoms with van der Waals surface area (Å²) in [5.41, 5.74) is 1.86. The summed E-state index contributed by atoms with van der Waals surface area (Å²) in [4.78, 5) is 10.4. The molecular formula is C15H24N2O2. The van der Waals surface area contributed by atoms with Crippen molar-refractivity contribution in [2.75, 3.05) is 11.9 Å². The fraction of sp³-hybridized carbons (Fsp3) is 0.600. The summed E-state index contributed by atoms with van der Waals surface area (Å²) in [5, 5.41) is 14.0. The fourth-order valence-corrected chi connectivity index (χ4v) is 2.11. The first-order chi connectivity index (χ1) is 9.15. The highest BCUT2D eigenvalue weighted by atomic mass is 16.6. The lowest BCUT2D eigenvalue weighted by atomic mass is 10.1. The molecule has 0 radical (unpaired) electrons. The average Bonchev–Trinajstić information content (AvgIpc) is 2.37. The highest BCUT2D eigenvalue weighted by molar-refractivity contribution is 5.53. The van der Waals surface area contributed by atoms with E-state index in [1.807, 2.05) is 6.07 Å². The summed E-state index contributed by atoms with van der Waals surface area (Å²) in [6.45, 7) is 4.93. The molecular weight excluding hydrogens is 240 g/mol. The van der Waals surface area contributed by atoms with E-state index in [1.165, 1.54) is 32.1 Å². The van der Waals surface area contributed by atoms with Gasteiger partial charge in [-0.1, -0.05) is 39.0 Å². The number of anilines is 1. The van der Waals surface area contributed by atoms with E-state index in [4.69, 9.17) is 0 Å². The lowest BCUT2D eigenvalue weighted by Gasteiger charge is -2.07. The lowest BCUT2D eigenvalue weighted by molar-refractivity contribution is -0.385. The van der Waals surface area contributed by atoms with Gasteiger partial charge in [0.15, 0.2) is 0 Å². The summed E-state index contributed by atoms with van der Waals surface area (Å²) in [5.74, 6) is 0. The van der Waals surface area contributed by atoms with Crippen molar-refractivity contribution in [3.8, 4) is 0 Å². The maximum absolute atomic E-state index is 10.7. The second-order valence-electron chi connectivity index (χ2n) is 4.95. The maximum Gasteiger partial charge on any atom is 0.272 e. The molecule has 1 N–H and O–H groups in total. The molecule has 0 spiro atoms. The van der Waals surface area contributed by atoms with Crippen LogP contribution < -0.4 is 5.32 Å². The van der Waals surface area contributed by atoms with Gasteiger partial charge in [0.05, 0.1) is 4.92 Å². The zero-order valence-corrected chi connectivity index (χ0v) is 11.9. The highest BCUT2D eigenvalue weighted by Gasteiger charge is 2.09. The molecule has 0 aliphatic heterocycles. The molecule has 0 aliphatic rings. The Morgan fingerprint density at radius 1 is 1.16 bits per heavy atom. The van der Waals surface area contributed by atoms with Crippen molar-refractivity contribution in [3.05, 3.63) is 33.9 Å². The normalized spacial score (nSPS) is 10.4. The monoisotopic (exact) mass is 264 g/mol. The molecule has 0 atom stereocenters. The smallest absolute Gasteiger partial charge is 0.272 e. The molecule has 0 bridgehead atoms. The predicted octanol–water partition coefficient (Wildman–Crippen LogP) is 4.68. The van der Waals surface area contributed by atoms with Gasteiger partial charge in [-0.25, -0.2) is 0 Å². The molecule has 4 nitrogen and oxygen atoms in total. The van der Waals surface area contributed by atoms with Crippen molar-refractivity contribution in [1.29, 1.82) is 0 Å². The zero-order chi connectivity index (χ0) is 14.1. The van der Waals surface area contributed by atoms with Crippen LogP contribution in [0.25, 0.3) is 0 Å². The van der Waals surface area contributed by atoms with Gasteiger partial charge in [-0.2, -0.15) is 0 Å². The largest absolute Gasteiger partial charge is 0.385 e. The van der Waals surface area contributed by atoms with Gasteiger partial charge >= 0.3 is 0 Å². The molecule has 0 unspecified atom stereocenters. The number of hydrogen-bond donors (Lipinski definition) is 1. The highest BCUT2D eigenvalue weighted by Crippen LogP contribution is 2.21. The third kappa shape index (κ3) is 5.73. The van der Waals surface area contributed by atoms with Crippen LogP contribution in [0, 0.1) is 17.0 Å². The van der Waals surface area contributed by atoms with E-state index >= 15 is 0 Å². The van der Waals surface area contributed by atoms with Gasteiger partial charge in [0.1, 0.15) is 0 Å². The van der Waals surface area contributed by atoms with E-state index in [1.54, 1.807) is 19.1 Å². The maximum atomic E-state index is 10.7. The minimum atomic E-state index is -0.340. The number of nitrogens with one attached hydrogen (secondary N) is 1. The summed E-state index contributed by atoms with van der Waals surface area (Å²) in [6.07, 6.45) is 7.63. The standard InChI is InChI=1S/C15H24N2O2/c1-3-4-5-6-7-8-11-16-14-9-10-15(17(18)19)13(2)12-14/h9-10,12,16H,3-8,11H2,1-2H3. The Bertz CT molecular complexity index is 405. The topological polar surface area (TPSA) is 55.2 Å². The molecule has 1 rings (SSSR count). The third-order valence-corrected chi connectivity index (χ3v) is 3.25. The van der Waals surface area contributed by atoms with Gasteiger partial charge in [-0.3, -0.25) is 10.1 Å². The van der Waals surface area contributed by atoms with Crippen molar-refractivity contribution in [2.24, 2.45) is 0 Å². The van der Waals surface area contributed by atoms with Crippen molar-refractivity contribution >= 4 is 11.4 Å². The summed E-state index contributed by atoms with van der Waals surface area (Å²) in [7, 11) is 0. The third-order valence-electron chi connectivity index (χ3n) is 3.25. The average molecular weight is 264 g/mol. The van der Waals surface area contributed by atoms with Gasteiger partial charge in [0.25, 0.3) is 5.69 Å². The van der Waals surface area contributed by atoms with Crippen LogP contribution in [0.5, 0.6) is 0 Å². The van der Waals surface area contributed by atoms with Crippen LogP contribution in [-0.2, 0) is 0 Å². The predicted molar refractivity (Wildman–Crippen MR) is 79.7 cm³/mol. The molecule has 0 saturated heterocycles. The van der Waals surface area contributed by atoms with Gasteiger partial charge in [-0.05, 0) is 25.5 Å². The Hall–Kier alpha value is -1.58. The zero-order valence-electron chi connectivity index (χ0n) is 11.9. The van der Waals surface area contributed by atoms with Crippen LogP contribution in [0.2, 0.25) is 0 Å². The van der Waals surface area contributed by atoms with Crippen molar-refractivity contribution < 1.29 is 4.92 Å². The number of unbranched alkanes of at least 4 members (excludes halogenated alkanes) is 5.